The summed E-state index contributed by atoms with van der Waals surface area (Å²) in [4.78, 5) is 12.3. The van der Waals surface area contributed by atoms with Gasteiger partial charge in [-0.2, -0.15) is 0 Å². The summed E-state index contributed by atoms with van der Waals surface area (Å²) in [7, 11) is 0. The lowest BCUT2D eigenvalue weighted by atomic mass is 10.1. The first-order valence-corrected chi connectivity index (χ1v) is 5.46. The van der Waals surface area contributed by atoms with E-state index in [9.17, 15) is 9.18 Å². The van der Waals surface area contributed by atoms with Crippen LogP contribution in [0.15, 0.2) is 18.2 Å². The van der Waals surface area contributed by atoms with E-state index in [1.54, 1.807) is 12.1 Å². The lowest BCUT2D eigenvalue weighted by Gasteiger charge is -2.33. The van der Waals surface area contributed by atoms with Crippen LogP contribution in [0.25, 0.3) is 0 Å². The van der Waals surface area contributed by atoms with Crippen molar-refractivity contribution in [3.63, 3.8) is 0 Å². The third kappa shape index (κ3) is 2.62. The van der Waals surface area contributed by atoms with Crippen LogP contribution in [0.3, 0.4) is 0 Å². The molecule has 0 radical (unpaired) electrons. The van der Waals surface area contributed by atoms with Gasteiger partial charge in [-0.15, -0.1) is 0 Å². The molecule has 0 bridgehead atoms. The highest BCUT2D eigenvalue weighted by atomic mass is 19.1. The van der Waals surface area contributed by atoms with Crippen LogP contribution in [0.4, 0.5) is 10.1 Å². The Morgan fingerprint density at radius 1 is 1.59 bits per heavy atom. The SMILES string of the molecule is O=Cc1ccc(N2CCOC(CO)C2)c(F)c1. The van der Waals surface area contributed by atoms with Crippen LogP contribution in [0.2, 0.25) is 0 Å². The molecular formula is C12H14FNO3. The Labute approximate surface area is 98.6 Å². The quantitative estimate of drug-likeness (QED) is 0.794. The fraction of sp³-hybridized carbons (Fsp3) is 0.417. The Bertz CT molecular complexity index is 411. The van der Waals surface area contributed by atoms with Crippen molar-refractivity contribution >= 4 is 12.0 Å². The molecule has 1 saturated heterocycles. The van der Waals surface area contributed by atoms with Crippen molar-refractivity contribution in [2.24, 2.45) is 0 Å². The molecule has 1 N–H and O–H groups in total. The fourth-order valence-electron chi connectivity index (χ4n) is 1.90. The maximum atomic E-state index is 13.7. The third-order valence-electron chi connectivity index (χ3n) is 2.79. The topological polar surface area (TPSA) is 49.8 Å². The zero-order valence-electron chi connectivity index (χ0n) is 9.30. The van der Waals surface area contributed by atoms with Crippen LogP contribution < -0.4 is 4.90 Å². The van der Waals surface area contributed by atoms with Crippen molar-refractivity contribution < 1.29 is 19.0 Å². The second-order valence-corrected chi connectivity index (χ2v) is 3.95. The van der Waals surface area contributed by atoms with Crippen LogP contribution in [-0.4, -0.2) is 43.8 Å². The first-order chi connectivity index (χ1) is 8.24. The van der Waals surface area contributed by atoms with Crippen LogP contribution in [0.1, 0.15) is 10.4 Å². The van der Waals surface area contributed by atoms with E-state index in [1.807, 2.05) is 4.90 Å². The summed E-state index contributed by atoms with van der Waals surface area (Å²) in [6.45, 7) is 1.41. The van der Waals surface area contributed by atoms with Crippen molar-refractivity contribution in [2.45, 2.75) is 6.10 Å². The second kappa shape index (κ2) is 5.25. The van der Waals surface area contributed by atoms with Crippen LogP contribution in [-0.2, 0) is 4.74 Å². The number of ether oxygens (including phenoxy) is 1. The molecule has 1 aromatic carbocycles. The van der Waals surface area contributed by atoms with E-state index in [0.717, 1.165) is 0 Å². The van der Waals surface area contributed by atoms with Crippen LogP contribution in [0.5, 0.6) is 0 Å². The first kappa shape index (κ1) is 12.0. The molecule has 0 saturated carbocycles. The Morgan fingerprint density at radius 3 is 3.06 bits per heavy atom. The van der Waals surface area contributed by atoms with Gasteiger partial charge in [0.2, 0.25) is 0 Å². The maximum absolute atomic E-state index is 13.7. The van der Waals surface area contributed by atoms with Gasteiger partial charge in [0.15, 0.2) is 0 Å². The standard InChI is InChI=1S/C12H14FNO3/c13-11-5-9(7-15)1-2-12(11)14-3-4-17-10(6-14)8-16/h1-2,5,7,10,16H,3-4,6,8H2. The monoisotopic (exact) mass is 239 g/mol. The molecule has 0 aromatic heterocycles. The molecule has 1 unspecified atom stereocenters. The number of halogens is 1. The van der Waals surface area contributed by atoms with E-state index in [1.165, 1.54) is 6.07 Å². The molecule has 1 aromatic rings. The predicted molar refractivity (Wildman–Crippen MR) is 60.8 cm³/mol. The van der Waals surface area contributed by atoms with Gasteiger partial charge in [0.05, 0.1) is 25.0 Å². The molecule has 1 aliphatic rings. The minimum Gasteiger partial charge on any atom is -0.394 e. The number of anilines is 1. The van der Waals surface area contributed by atoms with Crippen molar-refractivity contribution in [3.05, 3.63) is 29.6 Å². The van der Waals surface area contributed by atoms with E-state index in [0.29, 0.717) is 37.2 Å². The summed E-state index contributed by atoms with van der Waals surface area (Å²) >= 11 is 0. The minimum absolute atomic E-state index is 0.0788. The van der Waals surface area contributed by atoms with Gasteiger partial charge in [-0.3, -0.25) is 4.79 Å². The number of carbonyl (C=O) groups excluding carboxylic acids is 1. The number of aliphatic hydroxyl groups is 1. The number of benzene rings is 1. The zero-order chi connectivity index (χ0) is 12.3. The van der Waals surface area contributed by atoms with Gasteiger partial charge in [0, 0.05) is 18.7 Å². The highest BCUT2D eigenvalue weighted by Crippen LogP contribution is 2.22. The number of hydrogen-bond donors (Lipinski definition) is 1. The molecule has 5 heteroatoms. The van der Waals surface area contributed by atoms with Crippen molar-refractivity contribution in [1.82, 2.24) is 0 Å². The molecule has 92 valence electrons. The number of carbonyl (C=O) groups is 1. The summed E-state index contributed by atoms with van der Waals surface area (Å²) in [6.07, 6.45) is 0.330. The molecule has 0 spiro atoms. The average molecular weight is 239 g/mol. The zero-order valence-corrected chi connectivity index (χ0v) is 9.30. The molecule has 1 fully saturated rings. The highest BCUT2D eigenvalue weighted by Gasteiger charge is 2.21. The Hall–Kier alpha value is -1.46. The fourth-order valence-corrected chi connectivity index (χ4v) is 1.90. The van der Waals surface area contributed by atoms with E-state index in [4.69, 9.17) is 9.84 Å². The van der Waals surface area contributed by atoms with E-state index < -0.39 is 5.82 Å². The van der Waals surface area contributed by atoms with Crippen molar-refractivity contribution in [3.8, 4) is 0 Å². The number of nitrogens with zero attached hydrogens (tertiary/aromatic N) is 1. The normalized spacial score (nSPS) is 20.4. The van der Waals surface area contributed by atoms with Crippen LogP contribution in [0, 0.1) is 5.82 Å². The summed E-state index contributed by atoms with van der Waals surface area (Å²) in [5.74, 6) is -0.423. The largest absolute Gasteiger partial charge is 0.394 e. The number of morpholine rings is 1. The van der Waals surface area contributed by atoms with Crippen molar-refractivity contribution in [2.75, 3.05) is 31.2 Å². The van der Waals surface area contributed by atoms with Gasteiger partial charge in [-0.05, 0) is 18.2 Å². The molecule has 0 amide bonds. The number of hydrogen-bond acceptors (Lipinski definition) is 4. The van der Waals surface area contributed by atoms with Gasteiger partial charge in [-0.25, -0.2) is 4.39 Å². The summed E-state index contributed by atoms with van der Waals surface area (Å²) in [5, 5.41) is 9.02. The molecule has 2 rings (SSSR count). The predicted octanol–water partition coefficient (Wildman–Crippen LogP) is 0.836. The van der Waals surface area contributed by atoms with Gasteiger partial charge in [0.25, 0.3) is 0 Å². The Kier molecular flexibility index (Phi) is 3.71. The maximum Gasteiger partial charge on any atom is 0.150 e. The van der Waals surface area contributed by atoms with Gasteiger partial charge in [0.1, 0.15) is 12.1 Å². The first-order valence-electron chi connectivity index (χ1n) is 5.46. The Morgan fingerprint density at radius 2 is 2.41 bits per heavy atom. The number of aldehydes is 1. The van der Waals surface area contributed by atoms with E-state index in [2.05, 4.69) is 0 Å². The van der Waals surface area contributed by atoms with Gasteiger partial charge < -0.3 is 14.7 Å². The summed E-state index contributed by atoms with van der Waals surface area (Å²) in [6, 6.07) is 4.37. The molecule has 17 heavy (non-hydrogen) atoms. The summed E-state index contributed by atoms with van der Waals surface area (Å²) in [5.41, 5.74) is 0.760. The molecule has 1 aliphatic heterocycles. The third-order valence-corrected chi connectivity index (χ3v) is 2.79. The van der Waals surface area contributed by atoms with Crippen molar-refractivity contribution in [1.29, 1.82) is 0 Å². The van der Waals surface area contributed by atoms with E-state index >= 15 is 0 Å². The number of aliphatic hydroxyl groups excluding tert-OH is 1. The Balaban J connectivity index is 2.18. The summed E-state index contributed by atoms with van der Waals surface area (Å²) < 4.78 is 19.0. The molecule has 1 heterocycles. The molecular weight excluding hydrogens is 225 g/mol. The lowest BCUT2D eigenvalue weighted by molar-refractivity contribution is 0.00340. The highest BCUT2D eigenvalue weighted by molar-refractivity contribution is 5.76. The van der Waals surface area contributed by atoms with Crippen LogP contribution >= 0.6 is 0 Å². The molecule has 1 atom stereocenters. The second-order valence-electron chi connectivity index (χ2n) is 3.95. The lowest BCUT2D eigenvalue weighted by Crippen LogP contribution is -2.44. The molecule has 0 aliphatic carbocycles. The molecule has 4 nitrogen and oxygen atoms in total. The van der Waals surface area contributed by atoms with Gasteiger partial charge in [-0.1, -0.05) is 0 Å². The number of rotatable bonds is 3. The van der Waals surface area contributed by atoms with E-state index in [-0.39, 0.29) is 12.7 Å². The van der Waals surface area contributed by atoms with Gasteiger partial charge >= 0.3 is 0 Å². The smallest absolute Gasteiger partial charge is 0.150 e. The minimum atomic E-state index is -0.423. The average Bonchev–Trinajstić information content (AvgIpc) is 2.38.